The van der Waals surface area contributed by atoms with Gasteiger partial charge < -0.3 is 14.7 Å². The number of aromatic carboxylic acids is 1. The van der Waals surface area contributed by atoms with Crippen LogP contribution in [0, 0.1) is 0 Å². The first-order valence-electron chi connectivity index (χ1n) is 6.14. The number of hydrogen-bond acceptors (Lipinski definition) is 4. The molecule has 2 aromatic rings. The third kappa shape index (κ3) is 4.66. The van der Waals surface area contributed by atoms with Crippen LogP contribution in [0.3, 0.4) is 0 Å². The van der Waals surface area contributed by atoms with E-state index in [4.69, 9.17) is 31.2 Å². The van der Waals surface area contributed by atoms with E-state index < -0.39 is 11.5 Å². The topological polar surface area (TPSA) is 65.0 Å². The lowest BCUT2D eigenvalue weighted by molar-refractivity contribution is -0.214. The zero-order chi connectivity index (χ0) is 15.1. The highest BCUT2D eigenvalue weighted by molar-refractivity contribution is 6.19. The number of carboxylic acids is 1. The molecule has 21 heavy (non-hydrogen) atoms. The quantitative estimate of drug-likeness (QED) is 0.483. The molecule has 0 aliphatic rings. The fourth-order valence-electron chi connectivity index (χ4n) is 1.55. The van der Waals surface area contributed by atoms with Crippen LogP contribution in [0.15, 0.2) is 54.6 Å². The van der Waals surface area contributed by atoms with Gasteiger partial charge in [-0.1, -0.05) is 41.9 Å². The molecule has 0 bridgehead atoms. The van der Waals surface area contributed by atoms with Gasteiger partial charge in [0.1, 0.15) is 17.9 Å². The van der Waals surface area contributed by atoms with Crippen molar-refractivity contribution in [3.05, 3.63) is 60.2 Å². The van der Waals surface area contributed by atoms with Crippen molar-refractivity contribution in [1.82, 2.24) is 0 Å². The molecule has 0 aliphatic heterocycles. The molecular formula is C15H13ClO5. The Bertz CT molecular complexity index is 588. The summed E-state index contributed by atoms with van der Waals surface area (Å²) in [4.78, 5) is 20.9. The Balaban J connectivity index is 1.83. The predicted molar refractivity (Wildman–Crippen MR) is 76.7 cm³/mol. The average Bonchev–Trinajstić information content (AvgIpc) is 2.48. The maximum atomic E-state index is 11.0. The van der Waals surface area contributed by atoms with Crippen molar-refractivity contribution in [3.63, 3.8) is 0 Å². The second-order valence-corrected chi connectivity index (χ2v) is 4.50. The molecule has 0 aromatic heterocycles. The van der Waals surface area contributed by atoms with Crippen LogP contribution in [0.2, 0.25) is 0 Å². The van der Waals surface area contributed by atoms with Crippen LogP contribution >= 0.6 is 11.6 Å². The summed E-state index contributed by atoms with van der Waals surface area (Å²) in [6.07, 6.45) is 0. The van der Waals surface area contributed by atoms with Crippen LogP contribution < -0.4 is 9.62 Å². The molecule has 1 N–H and O–H groups in total. The van der Waals surface area contributed by atoms with E-state index in [1.54, 1.807) is 24.3 Å². The number of hydrogen-bond donors (Lipinski definition) is 1. The molecule has 6 heteroatoms. The third-order valence-electron chi connectivity index (χ3n) is 2.47. The summed E-state index contributed by atoms with van der Waals surface area (Å²) in [5.41, 5.74) is -0.753. The second-order valence-electron chi connectivity index (χ2n) is 4.01. The van der Waals surface area contributed by atoms with E-state index in [1.165, 1.54) is 12.1 Å². The zero-order valence-corrected chi connectivity index (χ0v) is 11.7. The molecule has 0 radical (unpaired) electrons. The van der Waals surface area contributed by atoms with E-state index in [9.17, 15) is 4.79 Å². The maximum Gasteiger partial charge on any atom is 0.339 e. The number of alkyl halides is 1. The van der Waals surface area contributed by atoms with Crippen molar-refractivity contribution in [1.29, 1.82) is 0 Å². The van der Waals surface area contributed by atoms with Gasteiger partial charge in [-0.05, 0) is 24.3 Å². The Hall–Kier alpha value is -2.24. The van der Waals surface area contributed by atoms with Crippen molar-refractivity contribution in [3.8, 4) is 11.5 Å². The van der Waals surface area contributed by atoms with Crippen molar-refractivity contribution in [2.45, 2.75) is 5.56 Å². The van der Waals surface area contributed by atoms with E-state index in [2.05, 4.69) is 0 Å². The number of benzene rings is 2. The van der Waals surface area contributed by atoms with Gasteiger partial charge in [0.25, 0.3) is 0 Å². The Morgan fingerprint density at radius 2 is 1.76 bits per heavy atom. The van der Waals surface area contributed by atoms with Crippen molar-refractivity contribution in [2.24, 2.45) is 0 Å². The summed E-state index contributed by atoms with van der Waals surface area (Å²) >= 11 is 5.94. The zero-order valence-electron chi connectivity index (χ0n) is 10.9. The lowest BCUT2D eigenvalue weighted by atomic mass is 10.2. The first-order valence-corrected chi connectivity index (χ1v) is 6.58. The molecule has 5 nitrogen and oxygen atoms in total. The fourth-order valence-corrected chi connectivity index (χ4v) is 1.70. The van der Waals surface area contributed by atoms with Crippen LogP contribution in [0.25, 0.3) is 0 Å². The summed E-state index contributed by atoms with van der Waals surface area (Å²) in [6, 6.07) is 15.2. The normalized spacial score (nSPS) is 11.7. The molecule has 0 aliphatic carbocycles. The fraction of sp³-hybridized carbons (Fsp3) is 0.133. The van der Waals surface area contributed by atoms with Crippen LogP contribution in [-0.2, 0) is 4.89 Å². The third-order valence-corrected chi connectivity index (χ3v) is 2.69. The van der Waals surface area contributed by atoms with Gasteiger partial charge in [0.15, 0.2) is 11.3 Å². The summed E-state index contributed by atoms with van der Waals surface area (Å²) in [5, 5.41) is 8.98. The van der Waals surface area contributed by atoms with Crippen molar-refractivity contribution < 1.29 is 24.4 Å². The van der Waals surface area contributed by atoms with Crippen molar-refractivity contribution >= 4 is 17.6 Å². The molecule has 0 spiro atoms. The molecule has 1 unspecified atom stereocenters. The van der Waals surface area contributed by atoms with Crippen LogP contribution in [0.5, 0.6) is 11.5 Å². The Labute approximate surface area is 126 Å². The van der Waals surface area contributed by atoms with Gasteiger partial charge in [0.2, 0.25) is 0 Å². The molecule has 0 amide bonds. The summed E-state index contributed by atoms with van der Waals surface area (Å²) < 4.78 is 5.37. The maximum absolute atomic E-state index is 11.0. The first-order chi connectivity index (χ1) is 10.2. The molecule has 2 rings (SSSR count). The lowest BCUT2D eigenvalue weighted by Crippen LogP contribution is -2.18. The van der Waals surface area contributed by atoms with E-state index in [0.717, 1.165) is 0 Å². The van der Waals surface area contributed by atoms with Gasteiger partial charge in [0, 0.05) is 0 Å². The molecule has 1 atom stereocenters. The van der Waals surface area contributed by atoms with Crippen LogP contribution in [-0.4, -0.2) is 23.2 Å². The van der Waals surface area contributed by atoms with Gasteiger partial charge in [-0.25, -0.2) is 4.79 Å². The van der Waals surface area contributed by atoms with Gasteiger partial charge >= 0.3 is 5.97 Å². The van der Waals surface area contributed by atoms with Gasteiger partial charge in [-0.3, -0.25) is 0 Å². The molecule has 110 valence electrons. The van der Waals surface area contributed by atoms with Gasteiger partial charge in [-0.2, -0.15) is 4.89 Å². The average molecular weight is 309 g/mol. The minimum absolute atomic E-state index is 0.00704. The largest absolute Gasteiger partial charge is 0.478 e. The number of ether oxygens (including phenoxy) is 1. The Kier molecular flexibility index (Phi) is 5.43. The minimum Gasteiger partial charge on any atom is -0.478 e. The van der Waals surface area contributed by atoms with Crippen LogP contribution in [0.4, 0.5) is 0 Å². The number of rotatable bonds is 7. The van der Waals surface area contributed by atoms with E-state index in [0.29, 0.717) is 5.75 Å². The number of carboxylic acid groups (broad SMARTS) is 1. The molecule has 2 aromatic carbocycles. The van der Waals surface area contributed by atoms with E-state index in [-0.39, 0.29) is 17.9 Å². The SMILES string of the molecule is O=C(O)c1ccccc1OOCC(Cl)Oc1ccccc1. The van der Waals surface area contributed by atoms with E-state index in [1.807, 2.05) is 18.2 Å². The number of halogens is 1. The summed E-state index contributed by atoms with van der Waals surface area (Å²) in [5.74, 6) is -0.391. The minimum atomic E-state index is -1.10. The number of para-hydroxylation sites is 2. The highest BCUT2D eigenvalue weighted by Crippen LogP contribution is 2.19. The monoisotopic (exact) mass is 308 g/mol. The summed E-state index contributed by atoms with van der Waals surface area (Å²) in [7, 11) is 0. The highest BCUT2D eigenvalue weighted by atomic mass is 35.5. The Morgan fingerprint density at radius 1 is 1.10 bits per heavy atom. The molecule has 0 saturated heterocycles. The molecular weight excluding hydrogens is 296 g/mol. The van der Waals surface area contributed by atoms with Crippen LogP contribution in [0.1, 0.15) is 10.4 Å². The molecule has 0 fully saturated rings. The summed E-state index contributed by atoms with van der Waals surface area (Å²) in [6.45, 7) is -0.0651. The smallest absolute Gasteiger partial charge is 0.339 e. The number of carbonyl (C=O) groups is 1. The van der Waals surface area contributed by atoms with Crippen molar-refractivity contribution in [2.75, 3.05) is 6.61 Å². The first kappa shape index (κ1) is 15.2. The van der Waals surface area contributed by atoms with E-state index >= 15 is 0 Å². The van der Waals surface area contributed by atoms with Gasteiger partial charge in [-0.15, -0.1) is 0 Å². The van der Waals surface area contributed by atoms with Gasteiger partial charge in [0.05, 0.1) is 0 Å². The molecule has 0 heterocycles. The molecule has 0 saturated carbocycles. The highest BCUT2D eigenvalue weighted by Gasteiger charge is 2.13. The second kappa shape index (κ2) is 7.52. The predicted octanol–water partition coefficient (Wildman–Crippen LogP) is 3.34. The lowest BCUT2D eigenvalue weighted by Gasteiger charge is -2.13. The standard InChI is InChI=1S/C15H13ClO5/c16-14(20-11-6-2-1-3-7-11)10-19-21-13-9-5-4-8-12(13)15(17)18/h1-9,14H,10H2,(H,17,18). The Morgan fingerprint density at radius 3 is 2.48 bits per heavy atom.